The van der Waals surface area contributed by atoms with Gasteiger partial charge in [-0.2, -0.15) is 5.10 Å². The second kappa shape index (κ2) is 4.14. The van der Waals surface area contributed by atoms with Crippen LogP contribution in [0.3, 0.4) is 0 Å². The summed E-state index contributed by atoms with van der Waals surface area (Å²) < 4.78 is 1.92. The third kappa shape index (κ3) is 1.65. The molecule has 0 saturated heterocycles. The lowest BCUT2D eigenvalue weighted by atomic mass is 9.95. The van der Waals surface area contributed by atoms with Crippen molar-refractivity contribution in [2.45, 2.75) is 39.2 Å². The van der Waals surface area contributed by atoms with Crippen LogP contribution in [0.1, 0.15) is 30.2 Å². The number of hydrogen-bond donors (Lipinski definition) is 1. The number of nitrogens with zero attached hydrogens (tertiary/aromatic N) is 3. The molecule has 2 aromatic heterocycles. The van der Waals surface area contributed by atoms with E-state index in [2.05, 4.69) is 17.0 Å². The van der Waals surface area contributed by atoms with E-state index in [1.807, 2.05) is 4.68 Å². The van der Waals surface area contributed by atoms with E-state index in [9.17, 15) is 0 Å². The molecule has 0 aliphatic heterocycles. The van der Waals surface area contributed by atoms with Crippen LogP contribution in [0.5, 0.6) is 0 Å². The maximum absolute atomic E-state index is 6.17. The standard InChI is InChI=1S/C12H16N4S/c1-2-16-12(14-7-15-16)10-8-5-3-4-6-9(8)17-11(10)13/h7H,2-6,13H2,1H3. The Kier molecular flexibility index (Phi) is 2.63. The van der Waals surface area contributed by atoms with Gasteiger partial charge in [0.05, 0.1) is 10.6 Å². The predicted octanol–water partition coefficient (Wildman–Crippen LogP) is 2.49. The highest BCUT2D eigenvalue weighted by molar-refractivity contribution is 7.16. The molecule has 0 bridgehead atoms. The zero-order valence-electron chi connectivity index (χ0n) is 9.94. The summed E-state index contributed by atoms with van der Waals surface area (Å²) in [6.07, 6.45) is 6.47. The Morgan fingerprint density at radius 3 is 3.06 bits per heavy atom. The Labute approximate surface area is 104 Å². The molecule has 2 heterocycles. The van der Waals surface area contributed by atoms with E-state index in [-0.39, 0.29) is 0 Å². The summed E-state index contributed by atoms with van der Waals surface area (Å²) in [6.45, 7) is 2.91. The lowest BCUT2D eigenvalue weighted by Crippen LogP contribution is -2.04. The number of rotatable bonds is 2. The van der Waals surface area contributed by atoms with E-state index >= 15 is 0 Å². The molecule has 90 valence electrons. The van der Waals surface area contributed by atoms with Crippen molar-refractivity contribution in [3.05, 3.63) is 16.8 Å². The fraction of sp³-hybridized carbons (Fsp3) is 0.500. The first-order valence-electron chi connectivity index (χ1n) is 6.09. The van der Waals surface area contributed by atoms with Crippen molar-refractivity contribution in [3.8, 4) is 11.4 Å². The van der Waals surface area contributed by atoms with E-state index in [0.717, 1.165) is 29.4 Å². The van der Waals surface area contributed by atoms with Gasteiger partial charge in [0.25, 0.3) is 0 Å². The summed E-state index contributed by atoms with van der Waals surface area (Å²) in [5, 5.41) is 5.14. The van der Waals surface area contributed by atoms with Gasteiger partial charge >= 0.3 is 0 Å². The number of anilines is 1. The molecule has 0 atom stereocenters. The summed E-state index contributed by atoms with van der Waals surface area (Å²) in [7, 11) is 0. The second-order valence-corrected chi connectivity index (χ2v) is 5.49. The third-order valence-corrected chi connectivity index (χ3v) is 4.46. The van der Waals surface area contributed by atoms with Gasteiger partial charge in [0.1, 0.15) is 6.33 Å². The molecule has 0 unspecified atom stereocenters. The largest absolute Gasteiger partial charge is 0.390 e. The predicted molar refractivity (Wildman–Crippen MR) is 70.1 cm³/mol. The first-order valence-corrected chi connectivity index (χ1v) is 6.91. The van der Waals surface area contributed by atoms with Gasteiger partial charge in [-0.1, -0.05) is 0 Å². The number of nitrogens with two attached hydrogens (primary N) is 1. The topological polar surface area (TPSA) is 56.7 Å². The smallest absolute Gasteiger partial charge is 0.161 e. The average Bonchev–Trinajstić information content (AvgIpc) is 2.90. The average molecular weight is 248 g/mol. The number of thiophene rings is 1. The van der Waals surface area contributed by atoms with Crippen LogP contribution in [0.15, 0.2) is 6.33 Å². The van der Waals surface area contributed by atoms with Crippen molar-refractivity contribution in [1.29, 1.82) is 0 Å². The van der Waals surface area contributed by atoms with Crippen LogP contribution in [-0.4, -0.2) is 14.8 Å². The van der Waals surface area contributed by atoms with Gasteiger partial charge in [0, 0.05) is 11.4 Å². The maximum Gasteiger partial charge on any atom is 0.161 e. The van der Waals surface area contributed by atoms with E-state index in [1.165, 1.54) is 29.7 Å². The van der Waals surface area contributed by atoms with Gasteiger partial charge in [-0.25, -0.2) is 9.67 Å². The zero-order chi connectivity index (χ0) is 11.8. The number of hydrogen-bond acceptors (Lipinski definition) is 4. The highest BCUT2D eigenvalue weighted by atomic mass is 32.1. The van der Waals surface area contributed by atoms with E-state index < -0.39 is 0 Å². The second-order valence-electron chi connectivity index (χ2n) is 4.35. The summed E-state index contributed by atoms with van der Waals surface area (Å²) in [5.74, 6) is 0.935. The molecular weight excluding hydrogens is 232 g/mol. The fourth-order valence-electron chi connectivity index (χ4n) is 2.52. The molecule has 1 aliphatic carbocycles. The van der Waals surface area contributed by atoms with Gasteiger partial charge < -0.3 is 5.73 Å². The Morgan fingerprint density at radius 2 is 2.24 bits per heavy atom. The zero-order valence-corrected chi connectivity index (χ0v) is 10.8. The molecule has 3 rings (SSSR count). The van der Waals surface area contributed by atoms with Crippen LogP contribution in [-0.2, 0) is 19.4 Å². The third-order valence-electron chi connectivity index (χ3n) is 3.34. The quantitative estimate of drug-likeness (QED) is 0.888. The number of nitrogen functional groups attached to an aromatic ring is 1. The molecule has 0 fully saturated rings. The van der Waals surface area contributed by atoms with Crippen LogP contribution < -0.4 is 5.73 Å². The molecule has 0 saturated carbocycles. The Hall–Kier alpha value is -1.36. The van der Waals surface area contributed by atoms with Gasteiger partial charge in [-0.15, -0.1) is 11.3 Å². The summed E-state index contributed by atoms with van der Waals surface area (Å²) in [6, 6.07) is 0. The first-order chi connectivity index (χ1) is 8.31. The molecule has 0 spiro atoms. The molecule has 4 nitrogen and oxygen atoms in total. The van der Waals surface area contributed by atoms with Crippen LogP contribution in [0.25, 0.3) is 11.4 Å². The van der Waals surface area contributed by atoms with Crippen molar-refractivity contribution in [3.63, 3.8) is 0 Å². The van der Waals surface area contributed by atoms with Crippen molar-refractivity contribution >= 4 is 16.3 Å². The minimum atomic E-state index is 0.833. The lowest BCUT2D eigenvalue weighted by Gasteiger charge is -2.12. The minimum Gasteiger partial charge on any atom is -0.390 e. The number of aromatic nitrogens is 3. The molecule has 17 heavy (non-hydrogen) atoms. The molecule has 0 aromatic carbocycles. The van der Waals surface area contributed by atoms with E-state index in [4.69, 9.17) is 5.73 Å². The molecule has 2 aromatic rings. The van der Waals surface area contributed by atoms with Crippen LogP contribution in [0.2, 0.25) is 0 Å². The fourth-order valence-corrected chi connectivity index (χ4v) is 3.68. The van der Waals surface area contributed by atoms with E-state index in [0.29, 0.717) is 0 Å². The van der Waals surface area contributed by atoms with Crippen LogP contribution in [0, 0.1) is 0 Å². The van der Waals surface area contributed by atoms with E-state index in [1.54, 1.807) is 17.7 Å². The highest BCUT2D eigenvalue weighted by Crippen LogP contribution is 2.41. The minimum absolute atomic E-state index is 0.833. The van der Waals surface area contributed by atoms with Crippen molar-refractivity contribution < 1.29 is 0 Å². The van der Waals surface area contributed by atoms with Crippen molar-refractivity contribution in [1.82, 2.24) is 14.8 Å². The van der Waals surface area contributed by atoms with Crippen molar-refractivity contribution in [2.24, 2.45) is 0 Å². The molecule has 0 amide bonds. The van der Waals surface area contributed by atoms with Crippen molar-refractivity contribution in [2.75, 3.05) is 5.73 Å². The van der Waals surface area contributed by atoms with Gasteiger partial charge in [0.2, 0.25) is 0 Å². The number of aryl methyl sites for hydroxylation is 2. The molecule has 0 radical (unpaired) electrons. The highest BCUT2D eigenvalue weighted by Gasteiger charge is 2.23. The normalized spacial score (nSPS) is 14.9. The Morgan fingerprint density at radius 1 is 1.41 bits per heavy atom. The van der Waals surface area contributed by atoms with Crippen LogP contribution in [0.4, 0.5) is 5.00 Å². The Bertz CT molecular complexity index is 541. The first kappa shape index (κ1) is 10.8. The molecule has 5 heteroatoms. The summed E-state index contributed by atoms with van der Waals surface area (Å²) in [4.78, 5) is 5.83. The SMILES string of the molecule is CCn1ncnc1-c1c(N)sc2c1CCCC2. The summed E-state index contributed by atoms with van der Waals surface area (Å²) >= 11 is 1.73. The monoisotopic (exact) mass is 248 g/mol. The molecule has 1 aliphatic rings. The Balaban J connectivity index is 2.17. The maximum atomic E-state index is 6.17. The number of fused-ring (bicyclic) bond motifs is 1. The van der Waals surface area contributed by atoms with Crippen LogP contribution >= 0.6 is 11.3 Å². The summed E-state index contributed by atoms with van der Waals surface area (Å²) in [5.41, 5.74) is 8.73. The molecule has 2 N–H and O–H groups in total. The van der Waals surface area contributed by atoms with Gasteiger partial charge in [-0.3, -0.25) is 0 Å². The molecular formula is C12H16N4S. The van der Waals surface area contributed by atoms with Gasteiger partial charge in [0.15, 0.2) is 5.82 Å². The van der Waals surface area contributed by atoms with Gasteiger partial charge in [-0.05, 0) is 38.2 Å². The lowest BCUT2D eigenvalue weighted by molar-refractivity contribution is 0.662.